The lowest BCUT2D eigenvalue weighted by Crippen LogP contribution is -2.54. The number of benzene rings is 2. The van der Waals surface area contributed by atoms with Crippen molar-refractivity contribution in [3.63, 3.8) is 0 Å². The fourth-order valence-corrected chi connectivity index (χ4v) is 7.30. The summed E-state index contributed by atoms with van der Waals surface area (Å²) in [6.07, 6.45) is 9.22. The molecule has 37 heavy (non-hydrogen) atoms. The number of carbonyl (C=O) groups excluding carboxylic acids is 4. The smallest absolute Gasteiger partial charge is 0.335 e. The molecule has 7 rings (SSSR count). The summed E-state index contributed by atoms with van der Waals surface area (Å²) in [6, 6.07) is 13.5. The minimum Gasteiger partial charge on any atom is -0.484 e. The van der Waals surface area contributed by atoms with Crippen LogP contribution in [-0.4, -0.2) is 30.4 Å². The summed E-state index contributed by atoms with van der Waals surface area (Å²) >= 11 is 0. The van der Waals surface area contributed by atoms with Gasteiger partial charge in [-0.3, -0.25) is 19.7 Å². The van der Waals surface area contributed by atoms with Gasteiger partial charge < -0.3 is 10.5 Å². The van der Waals surface area contributed by atoms with Gasteiger partial charge in [-0.05, 0) is 103 Å². The van der Waals surface area contributed by atoms with Gasteiger partial charge >= 0.3 is 6.03 Å². The van der Waals surface area contributed by atoms with Crippen molar-refractivity contribution < 1.29 is 23.9 Å². The zero-order chi connectivity index (χ0) is 25.7. The number of nitrogens with zero attached hydrogens (tertiary/aromatic N) is 1. The van der Waals surface area contributed by atoms with Crippen molar-refractivity contribution in [1.82, 2.24) is 5.32 Å². The van der Waals surface area contributed by atoms with E-state index in [1.165, 1.54) is 50.2 Å². The maximum Gasteiger partial charge on any atom is 0.335 e. The number of urea groups is 1. The largest absolute Gasteiger partial charge is 0.484 e. The van der Waals surface area contributed by atoms with Crippen molar-refractivity contribution in [1.29, 1.82) is 0 Å². The van der Waals surface area contributed by atoms with Gasteiger partial charge in [-0.25, -0.2) is 9.69 Å². The molecule has 2 aromatic carbocycles. The quantitative estimate of drug-likeness (QED) is 0.464. The van der Waals surface area contributed by atoms with E-state index in [-0.39, 0.29) is 17.6 Å². The van der Waals surface area contributed by atoms with Crippen molar-refractivity contribution >= 4 is 35.5 Å². The van der Waals surface area contributed by atoms with Gasteiger partial charge in [-0.15, -0.1) is 0 Å². The Kier molecular flexibility index (Phi) is 5.62. The summed E-state index contributed by atoms with van der Waals surface area (Å²) in [4.78, 5) is 50.4. The molecule has 0 aromatic heterocycles. The van der Waals surface area contributed by atoms with E-state index in [9.17, 15) is 19.2 Å². The number of hydrogen-bond donors (Lipinski definition) is 2. The highest BCUT2D eigenvalue weighted by Crippen LogP contribution is 2.60. The number of anilines is 1. The van der Waals surface area contributed by atoms with E-state index in [2.05, 4.69) is 17.4 Å². The molecule has 1 heterocycles. The molecule has 1 saturated heterocycles. The number of carbonyl (C=O) groups is 4. The highest BCUT2D eigenvalue weighted by molar-refractivity contribution is 6.39. The van der Waals surface area contributed by atoms with Gasteiger partial charge in [0, 0.05) is 0 Å². The number of nitrogens with one attached hydrogen (secondary N) is 1. The number of primary amides is 1. The average Bonchev–Trinajstić information content (AvgIpc) is 2.85. The summed E-state index contributed by atoms with van der Waals surface area (Å²) in [5.74, 6) is 0.882. The van der Waals surface area contributed by atoms with Crippen LogP contribution in [0.2, 0.25) is 0 Å². The maximum absolute atomic E-state index is 13.3. The number of rotatable bonds is 6. The number of imide groups is 2. The van der Waals surface area contributed by atoms with Gasteiger partial charge in [0.2, 0.25) is 0 Å². The number of amides is 5. The summed E-state index contributed by atoms with van der Waals surface area (Å²) in [7, 11) is 0. The summed E-state index contributed by atoms with van der Waals surface area (Å²) < 4.78 is 5.24. The van der Waals surface area contributed by atoms with Crippen LogP contribution in [0.4, 0.5) is 10.5 Å². The Morgan fingerprint density at radius 3 is 2.11 bits per heavy atom. The van der Waals surface area contributed by atoms with Gasteiger partial charge in [-0.2, -0.15) is 0 Å². The van der Waals surface area contributed by atoms with E-state index in [4.69, 9.17) is 10.5 Å². The molecule has 190 valence electrons. The molecule has 3 N–H and O–H groups in total. The number of hydrogen-bond acceptors (Lipinski definition) is 5. The van der Waals surface area contributed by atoms with Crippen LogP contribution in [0.3, 0.4) is 0 Å². The normalized spacial score (nSPS) is 29.5. The van der Waals surface area contributed by atoms with Crippen LogP contribution in [-0.2, 0) is 19.8 Å². The van der Waals surface area contributed by atoms with E-state index < -0.39 is 23.8 Å². The van der Waals surface area contributed by atoms with E-state index in [1.807, 2.05) is 12.1 Å². The lowest BCUT2D eigenvalue weighted by atomic mass is 9.48. The molecule has 4 bridgehead atoms. The van der Waals surface area contributed by atoms with Crippen LogP contribution in [0.25, 0.3) is 6.08 Å². The fourth-order valence-electron chi connectivity index (χ4n) is 7.30. The van der Waals surface area contributed by atoms with E-state index in [1.54, 1.807) is 24.3 Å². The first kappa shape index (κ1) is 23.5. The number of ether oxygens (including phenoxy) is 1. The Hall–Kier alpha value is -3.94. The topological polar surface area (TPSA) is 119 Å². The van der Waals surface area contributed by atoms with Crippen LogP contribution in [0.1, 0.15) is 49.7 Å². The van der Waals surface area contributed by atoms with Crippen LogP contribution >= 0.6 is 0 Å². The second kappa shape index (κ2) is 8.87. The molecule has 5 amide bonds. The summed E-state index contributed by atoms with van der Waals surface area (Å²) in [5.41, 5.74) is 7.46. The Labute approximate surface area is 214 Å². The molecule has 8 heteroatoms. The molecule has 0 unspecified atom stereocenters. The zero-order valence-corrected chi connectivity index (χ0v) is 20.4. The van der Waals surface area contributed by atoms with Crippen molar-refractivity contribution in [3.05, 3.63) is 65.2 Å². The third kappa shape index (κ3) is 4.30. The molecule has 8 nitrogen and oxygen atoms in total. The van der Waals surface area contributed by atoms with Crippen molar-refractivity contribution in [2.24, 2.45) is 23.5 Å². The molecule has 0 spiro atoms. The molecule has 5 fully saturated rings. The first-order chi connectivity index (χ1) is 17.8. The molecule has 4 saturated carbocycles. The third-order valence-corrected chi connectivity index (χ3v) is 8.45. The highest BCUT2D eigenvalue weighted by Gasteiger charge is 2.51. The SMILES string of the molecule is NC(=O)COc1ccc(/C=C2\C(=O)NC(=O)N(c3ccc(C45CC6CC(CC(C6)C4)C5)cc3)C2=O)cc1. The molecule has 0 radical (unpaired) electrons. The predicted octanol–water partition coefficient (Wildman–Crippen LogP) is 3.68. The van der Waals surface area contributed by atoms with Crippen LogP contribution < -0.4 is 20.7 Å². The molecule has 0 atom stereocenters. The second-order valence-electron chi connectivity index (χ2n) is 11.0. The lowest BCUT2D eigenvalue weighted by molar-refractivity contribution is -0.123. The summed E-state index contributed by atoms with van der Waals surface area (Å²) in [6.45, 7) is -0.250. The zero-order valence-electron chi connectivity index (χ0n) is 20.4. The predicted molar refractivity (Wildman–Crippen MR) is 136 cm³/mol. The monoisotopic (exact) mass is 499 g/mol. The first-order valence-corrected chi connectivity index (χ1v) is 12.8. The number of nitrogens with two attached hydrogens (primary N) is 1. The Morgan fingerprint density at radius 2 is 1.54 bits per heavy atom. The molecule has 1 aliphatic heterocycles. The fraction of sp³-hybridized carbons (Fsp3) is 0.379. The van der Waals surface area contributed by atoms with Crippen molar-refractivity contribution in [3.8, 4) is 5.75 Å². The van der Waals surface area contributed by atoms with E-state index >= 15 is 0 Å². The average molecular weight is 500 g/mol. The summed E-state index contributed by atoms with van der Waals surface area (Å²) in [5, 5.41) is 2.28. The molecule has 5 aliphatic rings. The molecular weight excluding hydrogens is 470 g/mol. The Balaban J connectivity index is 1.23. The van der Waals surface area contributed by atoms with E-state index in [0.717, 1.165) is 22.7 Å². The Bertz CT molecular complexity index is 1280. The minimum atomic E-state index is -0.759. The minimum absolute atomic E-state index is 0.143. The van der Waals surface area contributed by atoms with Gasteiger partial charge in [0.1, 0.15) is 11.3 Å². The Morgan fingerprint density at radius 1 is 0.946 bits per heavy atom. The first-order valence-electron chi connectivity index (χ1n) is 12.8. The van der Waals surface area contributed by atoms with Crippen LogP contribution in [0, 0.1) is 17.8 Å². The van der Waals surface area contributed by atoms with Crippen LogP contribution in [0.15, 0.2) is 54.1 Å². The third-order valence-electron chi connectivity index (χ3n) is 8.45. The van der Waals surface area contributed by atoms with Crippen molar-refractivity contribution in [2.45, 2.75) is 43.9 Å². The molecular formula is C29H29N3O5. The maximum atomic E-state index is 13.3. The van der Waals surface area contributed by atoms with Gasteiger partial charge in [-0.1, -0.05) is 24.3 Å². The lowest BCUT2D eigenvalue weighted by Gasteiger charge is -2.57. The van der Waals surface area contributed by atoms with Crippen molar-refractivity contribution in [2.75, 3.05) is 11.5 Å². The van der Waals surface area contributed by atoms with E-state index in [0.29, 0.717) is 17.0 Å². The molecule has 4 aliphatic carbocycles. The number of barbiturate groups is 1. The highest BCUT2D eigenvalue weighted by atomic mass is 16.5. The second-order valence-corrected chi connectivity index (χ2v) is 11.0. The molecule has 2 aromatic rings. The van der Waals surface area contributed by atoms with Gasteiger partial charge in [0.25, 0.3) is 17.7 Å². The van der Waals surface area contributed by atoms with Gasteiger partial charge in [0.05, 0.1) is 5.69 Å². The van der Waals surface area contributed by atoms with Crippen LogP contribution in [0.5, 0.6) is 5.75 Å². The van der Waals surface area contributed by atoms with Gasteiger partial charge in [0.15, 0.2) is 6.61 Å². The standard InChI is InChI=1S/C29H29N3O5/c30-25(33)16-37-23-7-1-17(2-8-23)12-24-26(34)31-28(36)32(27(24)35)22-5-3-21(4-6-22)29-13-18-9-19(14-29)11-20(10-18)15-29/h1-8,12,18-20H,9-11,13-16H2,(H2,30,33)(H,31,34,36)/b24-12+.